The van der Waals surface area contributed by atoms with Crippen LogP contribution in [0.5, 0.6) is 0 Å². The highest BCUT2D eigenvalue weighted by atomic mass is 79.9. The number of halogens is 1. The molecule has 118 valence electrons. The third kappa shape index (κ3) is 5.26. The van der Waals surface area contributed by atoms with Crippen molar-refractivity contribution in [3.05, 3.63) is 69.8 Å². The Morgan fingerprint density at radius 1 is 1.05 bits per heavy atom. The van der Waals surface area contributed by atoms with E-state index < -0.39 is 0 Å². The van der Waals surface area contributed by atoms with Gasteiger partial charge in [-0.05, 0) is 64.5 Å². The van der Waals surface area contributed by atoms with Crippen LogP contribution in [0.4, 0.5) is 0 Å². The van der Waals surface area contributed by atoms with E-state index in [1.807, 2.05) is 0 Å². The number of allylic oxidation sites excluding steroid dienone is 6. The molecule has 1 aromatic carbocycles. The number of hydrogen-bond donors (Lipinski definition) is 0. The Labute approximate surface area is 143 Å². The number of nitrogens with zero attached hydrogens (tertiary/aromatic N) is 1. The van der Waals surface area contributed by atoms with E-state index in [4.69, 9.17) is 0 Å². The number of benzene rings is 1. The van der Waals surface area contributed by atoms with Gasteiger partial charge in [0.05, 0.1) is 0 Å². The first-order valence-corrected chi connectivity index (χ1v) is 8.78. The molecule has 1 atom stereocenters. The van der Waals surface area contributed by atoms with Gasteiger partial charge in [0.2, 0.25) is 0 Å². The van der Waals surface area contributed by atoms with E-state index in [0.717, 1.165) is 30.3 Å². The summed E-state index contributed by atoms with van der Waals surface area (Å²) >= 11 is 3.54. The maximum Gasteiger partial charge on any atom is 0.0175 e. The fraction of sp³-hybridized carbons (Fsp3) is 0.400. The van der Waals surface area contributed by atoms with Crippen molar-refractivity contribution >= 4 is 15.9 Å². The molecule has 1 aliphatic carbocycles. The highest BCUT2D eigenvalue weighted by Crippen LogP contribution is 2.33. The van der Waals surface area contributed by atoms with E-state index >= 15 is 0 Å². The maximum atomic E-state index is 3.54. The van der Waals surface area contributed by atoms with Gasteiger partial charge in [-0.1, -0.05) is 63.5 Å². The zero-order valence-corrected chi connectivity index (χ0v) is 15.4. The van der Waals surface area contributed by atoms with E-state index in [1.165, 1.54) is 11.1 Å². The summed E-state index contributed by atoms with van der Waals surface area (Å²) in [5, 5.41) is 0. The van der Waals surface area contributed by atoms with Crippen LogP contribution in [0.3, 0.4) is 0 Å². The van der Waals surface area contributed by atoms with Gasteiger partial charge >= 0.3 is 0 Å². The molecule has 22 heavy (non-hydrogen) atoms. The highest BCUT2D eigenvalue weighted by molar-refractivity contribution is 9.10. The first-order valence-electron chi connectivity index (χ1n) is 7.99. The third-order valence-corrected chi connectivity index (χ3v) is 4.72. The predicted molar refractivity (Wildman–Crippen MR) is 100 cm³/mol. The van der Waals surface area contributed by atoms with Crippen LogP contribution in [0.1, 0.15) is 37.7 Å². The summed E-state index contributed by atoms with van der Waals surface area (Å²) < 4.78 is 1.15. The minimum atomic E-state index is 0.506. The van der Waals surface area contributed by atoms with Crippen LogP contribution in [0.15, 0.2) is 64.2 Å². The van der Waals surface area contributed by atoms with Crippen LogP contribution in [-0.4, -0.2) is 25.5 Å². The Hall–Kier alpha value is -1.12. The minimum absolute atomic E-state index is 0.506. The topological polar surface area (TPSA) is 3.24 Å². The average Bonchev–Trinajstić information content (AvgIpc) is 2.47. The molecule has 0 fully saturated rings. The second-order valence-corrected chi connectivity index (χ2v) is 7.25. The van der Waals surface area contributed by atoms with Gasteiger partial charge in [-0.3, -0.25) is 0 Å². The lowest BCUT2D eigenvalue weighted by molar-refractivity contribution is 0.388. The van der Waals surface area contributed by atoms with Gasteiger partial charge in [-0.25, -0.2) is 0 Å². The molecule has 1 aromatic rings. The molecule has 0 amide bonds. The Morgan fingerprint density at radius 2 is 1.73 bits per heavy atom. The van der Waals surface area contributed by atoms with Gasteiger partial charge < -0.3 is 4.90 Å². The summed E-state index contributed by atoms with van der Waals surface area (Å²) in [7, 11) is 4.30. The molecule has 0 heterocycles. The molecular formula is C20H26BrN. The second kappa shape index (κ2) is 8.50. The van der Waals surface area contributed by atoms with Gasteiger partial charge in [0.15, 0.2) is 0 Å². The molecule has 0 aromatic heterocycles. The largest absolute Gasteiger partial charge is 0.309 e. The van der Waals surface area contributed by atoms with E-state index in [2.05, 4.69) is 90.4 Å². The van der Waals surface area contributed by atoms with Gasteiger partial charge in [0, 0.05) is 10.4 Å². The van der Waals surface area contributed by atoms with Crippen LogP contribution in [-0.2, 0) is 0 Å². The summed E-state index contributed by atoms with van der Waals surface area (Å²) in [6.07, 6.45) is 12.4. The van der Waals surface area contributed by atoms with E-state index in [9.17, 15) is 0 Å². The van der Waals surface area contributed by atoms with Crippen molar-refractivity contribution in [1.29, 1.82) is 0 Å². The zero-order valence-electron chi connectivity index (χ0n) is 13.8. The molecule has 1 aliphatic rings. The molecule has 0 radical (unpaired) electrons. The van der Waals surface area contributed by atoms with E-state index in [-0.39, 0.29) is 0 Å². The molecule has 0 bridgehead atoms. The van der Waals surface area contributed by atoms with Gasteiger partial charge in [-0.15, -0.1) is 0 Å². The zero-order chi connectivity index (χ0) is 15.9. The summed E-state index contributed by atoms with van der Waals surface area (Å²) in [6.45, 7) is 3.33. The summed E-state index contributed by atoms with van der Waals surface area (Å²) in [4.78, 5) is 2.27. The van der Waals surface area contributed by atoms with Crippen molar-refractivity contribution in [2.45, 2.75) is 32.1 Å². The molecule has 2 heteroatoms. The van der Waals surface area contributed by atoms with Crippen LogP contribution in [0.25, 0.3) is 0 Å². The summed E-state index contributed by atoms with van der Waals surface area (Å²) in [6, 6.07) is 8.83. The summed E-state index contributed by atoms with van der Waals surface area (Å²) in [5.74, 6) is 0.506. The fourth-order valence-corrected chi connectivity index (χ4v) is 3.11. The van der Waals surface area contributed by atoms with Crippen molar-refractivity contribution in [2.24, 2.45) is 0 Å². The smallest absolute Gasteiger partial charge is 0.0175 e. The van der Waals surface area contributed by atoms with Crippen LogP contribution >= 0.6 is 15.9 Å². The van der Waals surface area contributed by atoms with Gasteiger partial charge in [0.1, 0.15) is 0 Å². The van der Waals surface area contributed by atoms with Crippen molar-refractivity contribution in [2.75, 3.05) is 20.6 Å². The molecular weight excluding hydrogens is 334 g/mol. The van der Waals surface area contributed by atoms with E-state index in [0.29, 0.717) is 5.92 Å². The first-order chi connectivity index (χ1) is 10.6. The average molecular weight is 360 g/mol. The molecule has 1 nitrogen and oxygen atoms in total. The Balaban J connectivity index is 2.25. The van der Waals surface area contributed by atoms with Crippen molar-refractivity contribution in [1.82, 2.24) is 4.90 Å². The maximum absolute atomic E-state index is 3.54. The first kappa shape index (κ1) is 17.2. The van der Waals surface area contributed by atoms with Crippen LogP contribution in [0.2, 0.25) is 0 Å². The Kier molecular flexibility index (Phi) is 6.66. The molecule has 0 spiro atoms. The fourth-order valence-electron chi connectivity index (χ4n) is 2.85. The Morgan fingerprint density at radius 3 is 2.41 bits per heavy atom. The van der Waals surface area contributed by atoms with Crippen LogP contribution in [0, 0.1) is 0 Å². The highest BCUT2D eigenvalue weighted by Gasteiger charge is 2.17. The van der Waals surface area contributed by atoms with Gasteiger partial charge in [-0.2, -0.15) is 0 Å². The Bertz CT molecular complexity index is 564. The normalized spacial score (nSPS) is 23.0. The predicted octanol–water partition coefficient (Wildman–Crippen LogP) is 5.71. The number of hydrogen-bond acceptors (Lipinski definition) is 1. The molecule has 0 aliphatic heterocycles. The molecule has 0 saturated carbocycles. The third-order valence-electron chi connectivity index (χ3n) is 4.20. The van der Waals surface area contributed by atoms with Crippen molar-refractivity contribution < 1.29 is 0 Å². The molecule has 0 N–H and O–H groups in total. The van der Waals surface area contributed by atoms with E-state index in [1.54, 1.807) is 5.57 Å². The molecule has 1 unspecified atom stereocenters. The van der Waals surface area contributed by atoms with Crippen molar-refractivity contribution in [3.8, 4) is 0 Å². The minimum Gasteiger partial charge on any atom is -0.309 e. The SMILES string of the molecule is C\C1=C/C=C\C=C(\C(CCN(C)C)c2ccc(Br)cc2)CC1. The molecule has 0 saturated heterocycles. The summed E-state index contributed by atoms with van der Waals surface area (Å²) in [5.41, 5.74) is 4.43. The quantitative estimate of drug-likeness (QED) is 0.650. The van der Waals surface area contributed by atoms with Gasteiger partial charge in [0.25, 0.3) is 0 Å². The molecule has 2 rings (SSSR count). The second-order valence-electron chi connectivity index (χ2n) is 6.34. The van der Waals surface area contributed by atoms with Crippen molar-refractivity contribution in [3.63, 3.8) is 0 Å². The van der Waals surface area contributed by atoms with Crippen LogP contribution < -0.4 is 0 Å². The lowest BCUT2D eigenvalue weighted by Crippen LogP contribution is -2.17. The monoisotopic (exact) mass is 359 g/mol. The lowest BCUT2D eigenvalue weighted by Gasteiger charge is -2.24. The number of rotatable bonds is 5. The standard InChI is InChI=1S/C20H26BrN/c1-16-6-4-5-7-17(9-8-16)20(14-15-22(2)3)18-10-12-19(21)13-11-18/h4-7,10-13,20H,8-9,14-15H2,1-3H3/b5-4-,16-6+,17-7+. The lowest BCUT2D eigenvalue weighted by atomic mass is 9.84.